The molecule has 57 heavy (non-hydrogen) atoms. The maximum Gasteiger partial charge on any atom is 0.267 e. The summed E-state index contributed by atoms with van der Waals surface area (Å²) in [7, 11) is -2.37. The maximum atomic E-state index is 14.5. The molecule has 4 aromatic heterocycles. The molecule has 1 aromatic carbocycles. The van der Waals surface area contributed by atoms with Gasteiger partial charge in [-0.3, -0.25) is 9.59 Å². The van der Waals surface area contributed by atoms with Crippen LogP contribution in [0.5, 0.6) is 0 Å². The maximum absolute atomic E-state index is 14.5. The van der Waals surface area contributed by atoms with Crippen LogP contribution in [-0.4, -0.2) is 19.9 Å². The van der Waals surface area contributed by atoms with E-state index < -0.39 is 8.07 Å². The first-order valence-electron chi connectivity index (χ1n) is 22.2. The van der Waals surface area contributed by atoms with E-state index in [-0.39, 0.29) is 11.8 Å². The lowest BCUT2D eigenvalue weighted by atomic mass is 10.0. The fraction of sp³-hybridized carbons (Fsp3) is 0.510. The van der Waals surface area contributed by atoms with Crippen LogP contribution in [0.15, 0.2) is 48.5 Å². The molecule has 0 saturated carbocycles. The van der Waals surface area contributed by atoms with Crippen LogP contribution in [0.3, 0.4) is 0 Å². The fourth-order valence-corrected chi connectivity index (χ4v) is 22.4. The Balaban J connectivity index is 1.23. The summed E-state index contributed by atoms with van der Waals surface area (Å²) in [6.07, 6.45) is 21.4. The molecule has 7 rings (SSSR count). The summed E-state index contributed by atoms with van der Waals surface area (Å²) in [5, 5.41) is 3.19. The Morgan fingerprint density at radius 3 is 1.95 bits per heavy atom. The minimum Gasteiger partial charge on any atom is -0.268 e. The Kier molecular flexibility index (Phi) is 14.3. The van der Waals surface area contributed by atoms with Gasteiger partial charge in [0.25, 0.3) is 11.8 Å². The zero-order chi connectivity index (χ0) is 40.1. The third kappa shape index (κ3) is 8.55. The largest absolute Gasteiger partial charge is 0.268 e. The average molecular weight is 854 g/mol. The predicted molar refractivity (Wildman–Crippen MR) is 255 cm³/mol. The number of benzene rings is 1. The number of amides is 2. The van der Waals surface area contributed by atoms with Crippen molar-refractivity contribution in [2.24, 2.45) is 5.92 Å². The van der Waals surface area contributed by atoms with Gasteiger partial charge in [-0.25, -0.2) is 4.90 Å². The van der Waals surface area contributed by atoms with Crippen molar-refractivity contribution in [3.63, 3.8) is 0 Å². The van der Waals surface area contributed by atoms with Crippen molar-refractivity contribution < 1.29 is 9.59 Å². The van der Waals surface area contributed by atoms with Crippen LogP contribution in [0.4, 0.5) is 5.69 Å². The van der Waals surface area contributed by atoms with Gasteiger partial charge in [0.05, 0.1) is 21.7 Å². The zero-order valence-corrected chi connectivity index (χ0v) is 39.6. The number of carbonyl (C=O) groups excluding carboxylic acids is 2. The molecular formula is C49H63NO2S4Si. The molecule has 2 unspecified atom stereocenters. The van der Waals surface area contributed by atoms with Crippen LogP contribution in [0, 0.1) is 19.8 Å². The Bertz CT molecular complexity index is 2150. The molecule has 2 atom stereocenters. The molecule has 0 spiro atoms. The molecule has 0 saturated heterocycles. The SMILES string of the molecule is CCCCCCCCc1ccc(N2C(=O)c3c(C)sc(-c4cc5c(s4)-c4sc(C)cc4[Si]5(CC(CC)CCCC)c4ccc(CCCCCCC)s4)c3C2=O)cc1. The van der Waals surface area contributed by atoms with Gasteiger partial charge in [-0.15, -0.1) is 45.3 Å². The van der Waals surface area contributed by atoms with Gasteiger partial charge in [-0.2, -0.15) is 0 Å². The van der Waals surface area contributed by atoms with Crippen molar-refractivity contribution in [2.45, 2.75) is 157 Å². The minimum atomic E-state index is -2.37. The van der Waals surface area contributed by atoms with Crippen molar-refractivity contribution in [3.05, 3.63) is 79.9 Å². The van der Waals surface area contributed by atoms with Gasteiger partial charge >= 0.3 is 0 Å². The van der Waals surface area contributed by atoms with Crippen molar-refractivity contribution in [3.8, 4) is 19.5 Å². The quantitative estimate of drug-likeness (QED) is 0.0395. The third-order valence-corrected chi connectivity index (χ3v) is 23.7. The number of thiophene rings is 4. The molecule has 0 fully saturated rings. The summed E-state index contributed by atoms with van der Waals surface area (Å²) in [5.74, 6) is 0.331. The van der Waals surface area contributed by atoms with Crippen LogP contribution in [0.25, 0.3) is 19.5 Å². The Morgan fingerprint density at radius 2 is 1.25 bits per heavy atom. The molecule has 6 heterocycles. The van der Waals surface area contributed by atoms with Crippen molar-refractivity contribution in [2.75, 3.05) is 4.90 Å². The van der Waals surface area contributed by atoms with E-state index in [2.05, 4.69) is 82.4 Å². The van der Waals surface area contributed by atoms with Crippen molar-refractivity contribution in [1.82, 2.24) is 0 Å². The van der Waals surface area contributed by atoms with Crippen LogP contribution < -0.4 is 19.8 Å². The highest BCUT2D eigenvalue weighted by Crippen LogP contribution is 2.49. The second-order valence-corrected chi connectivity index (χ2v) is 25.7. The number of rotatable bonds is 22. The van der Waals surface area contributed by atoms with Gasteiger partial charge < -0.3 is 0 Å². The summed E-state index contributed by atoms with van der Waals surface area (Å²) >= 11 is 7.61. The Morgan fingerprint density at radius 1 is 0.614 bits per heavy atom. The minimum absolute atomic E-state index is 0.171. The molecule has 304 valence electrons. The van der Waals surface area contributed by atoms with Gasteiger partial charge in [0.15, 0.2) is 8.07 Å². The number of fused-ring (bicyclic) bond motifs is 4. The first-order chi connectivity index (χ1) is 27.7. The molecule has 0 aliphatic carbocycles. The standard InChI is InChI=1S/C49H63NO2S4Si/c1-7-11-14-16-18-19-22-36-24-26-37(27-25-36)50-48(51)43-34(6)54-45(44(43)49(50)52)39-31-41-47(56-39)46-40(30-33(5)53-46)57(41,32-35(10-4)21-13-9-3)42-29-28-38(55-42)23-20-17-15-12-8-2/h24-31,35H,7-23,32H2,1-6H3. The van der Waals surface area contributed by atoms with Crippen LogP contribution in [0.1, 0.15) is 165 Å². The summed E-state index contributed by atoms with van der Waals surface area (Å²) < 4.78 is 1.62. The van der Waals surface area contributed by atoms with Gasteiger partial charge in [-0.1, -0.05) is 129 Å². The van der Waals surface area contributed by atoms with Crippen molar-refractivity contribution in [1.29, 1.82) is 0 Å². The molecule has 0 radical (unpaired) electrons. The van der Waals surface area contributed by atoms with Crippen molar-refractivity contribution >= 4 is 85.8 Å². The highest BCUT2D eigenvalue weighted by Gasteiger charge is 2.52. The number of nitrogens with zero attached hydrogens (tertiary/aromatic N) is 1. The highest BCUT2D eigenvalue weighted by atomic mass is 32.1. The van der Waals surface area contributed by atoms with E-state index >= 15 is 0 Å². The van der Waals surface area contributed by atoms with Gasteiger partial charge in [0.1, 0.15) is 0 Å². The first-order valence-corrected chi connectivity index (χ1v) is 27.7. The molecule has 8 heteroatoms. The zero-order valence-electron chi connectivity index (χ0n) is 35.3. The number of anilines is 1. The molecule has 5 aromatic rings. The highest BCUT2D eigenvalue weighted by molar-refractivity contribution is 7.39. The molecule has 0 N–H and O–H groups in total. The van der Waals surface area contributed by atoms with Gasteiger partial charge in [-0.05, 0) is 97.8 Å². The topological polar surface area (TPSA) is 37.4 Å². The number of hydrogen-bond acceptors (Lipinski definition) is 6. The Hall–Kier alpha value is -2.62. The monoisotopic (exact) mass is 853 g/mol. The first kappa shape index (κ1) is 42.5. The summed E-state index contributed by atoms with van der Waals surface area (Å²) in [4.78, 5) is 39.0. The van der Waals surface area contributed by atoms with E-state index in [9.17, 15) is 9.59 Å². The molecule has 0 bridgehead atoms. The molecule has 2 amide bonds. The lowest BCUT2D eigenvalue weighted by Gasteiger charge is -2.32. The van der Waals surface area contributed by atoms with Crippen LogP contribution in [-0.2, 0) is 12.8 Å². The number of carbonyl (C=O) groups is 2. The average Bonchev–Trinajstić information content (AvgIpc) is 4.06. The van der Waals surface area contributed by atoms with E-state index in [0.29, 0.717) is 22.7 Å². The van der Waals surface area contributed by atoms with E-state index in [1.807, 2.05) is 41.7 Å². The Labute approximate surface area is 360 Å². The number of aryl methyl sites for hydroxylation is 4. The molecular weight excluding hydrogens is 791 g/mol. The number of imide groups is 1. The summed E-state index contributed by atoms with van der Waals surface area (Å²) in [6.45, 7) is 13.6. The summed E-state index contributed by atoms with van der Waals surface area (Å²) in [6, 6.07) is 19.5. The molecule has 2 aliphatic rings. The van der Waals surface area contributed by atoms with E-state index in [1.165, 1.54) is 134 Å². The van der Waals surface area contributed by atoms with Crippen LogP contribution >= 0.6 is 45.3 Å². The van der Waals surface area contributed by atoms with E-state index in [1.54, 1.807) is 31.1 Å². The lowest BCUT2D eigenvalue weighted by molar-refractivity contribution is 0.0926. The number of hydrogen-bond donors (Lipinski definition) is 0. The molecule has 3 nitrogen and oxygen atoms in total. The lowest BCUT2D eigenvalue weighted by Crippen LogP contribution is -2.64. The smallest absolute Gasteiger partial charge is 0.267 e. The predicted octanol–water partition coefficient (Wildman–Crippen LogP) is 14.1. The van der Waals surface area contributed by atoms with Gasteiger partial charge in [0.2, 0.25) is 0 Å². The van der Waals surface area contributed by atoms with Crippen LogP contribution in [0.2, 0.25) is 6.04 Å². The summed E-state index contributed by atoms with van der Waals surface area (Å²) in [5.41, 5.74) is 3.17. The number of unbranched alkanes of at least 4 members (excludes halogenated alkanes) is 10. The van der Waals surface area contributed by atoms with Gasteiger partial charge in [0, 0.05) is 33.8 Å². The molecule has 2 aliphatic heterocycles. The third-order valence-electron chi connectivity index (χ3n) is 12.6. The van der Waals surface area contributed by atoms with E-state index in [4.69, 9.17) is 0 Å². The normalized spacial score (nSPS) is 16.5. The second kappa shape index (κ2) is 19.2. The second-order valence-electron chi connectivity index (χ2n) is 16.8. The fourth-order valence-electron chi connectivity index (χ4n) is 9.39. The van der Waals surface area contributed by atoms with E-state index in [0.717, 1.165) is 21.1 Å².